The highest BCUT2D eigenvalue weighted by Crippen LogP contribution is 2.22. The van der Waals surface area contributed by atoms with Gasteiger partial charge < -0.3 is 14.4 Å². The van der Waals surface area contributed by atoms with Crippen LogP contribution in [-0.2, 0) is 9.53 Å². The number of carbonyl (C=O) groups is 1. The number of morpholine rings is 1. The van der Waals surface area contributed by atoms with Crippen LogP contribution in [-0.4, -0.2) is 51.8 Å². The molecule has 8 heteroatoms. The van der Waals surface area contributed by atoms with Crippen molar-refractivity contribution in [2.24, 2.45) is 0 Å². The molecule has 0 unspecified atom stereocenters. The molecule has 1 aliphatic rings. The molecule has 0 radical (unpaired) electrons. The Morgan fingerprint density at radius 2 is 2.32 bits per heavy atom. The Bertz CT molecular complexity index is 798. The maximum atomic E-state index is 12.7. The van der Waals surface area contributed by atoms with Crippen LogP contribution < -0.4 is 4.74 Å². The van der Waals surface area contributed by atoms with Crippen LogP contribution in [0.2, 0.25) is 0 Å². The van der Waals surface area contributed by atoms with Crippen LogP contribution in [0.5, 0.6) is 5.75 Å². The van der Waals surface area contributed by atoms with E-state index in [0.717, 1.165) is 0 Å². The Labute approximate surface area is 145 Å². The second-order valence-electron chi connectivity index (χ2n) is 5.79. The zero-order valence-electron chi connectivity index (χ0n) is 14.1. The van der Waals surface area contributed by atoms with E-state index in [1.807, 2.05) is 6.92 Å². The highest BCUT2D eigenvalue weighted by atomic mass is 16.5. The Morgan fingerprint density at radius 3 is 3.04 bits per heavy atom. The third-order valence-corrected chi connectivity index (χ3v) is 3.94. The normalized spacial score (nSPS) is 18.4. The first kappa shape index (κ1) is 16.9. The van der Waals surface area contributed by atoms with Crippen molar-refractivity contribution in [1.82, 2.24) is 20.1 Å². The number of amides is 1. The number of carbonyl (C=O) groups excluding carboxylic acids is 1. The molecule has 3 rings (SSSR count). The van der Waals surface area contributed by atoms with Crippen LogP contribution in [0.4, 0.5) is 0 Å². The van der Waals surface area contributed by atoms with Gasteiger partial charge in [-0.25, -0.2) is 4.98 Å². The summed E-state index contributed by atoms with van der Waals surface area (Å²) in [6.45, 7) is 4.74. The van der Waals surface area contributed by atoms with Crippen molar-refractivity contribution in [2.45, 2.75) is 26.1 Å². The number of ether oxygens (including phenoxy) is 2. The summed E-state index contributed by atoms with van der Waals surface area (Å²) in [5, 5.41) is 16.0. The van der Waals surface area contributed by atoms with E-state index in [2.05, 4.69) is 21.3 Å². The van der Waals surface area contributed by atoms with Crippen molar-refractivity contribution >= 4 is 5.91 Å². The fraction of sp³-hybridized carbons (Fsp3) is 0.412. The van der Waals surface area contributed by atoms with E-state index in [0.29, 0.717) is 42.7 Å². The topological polar surface area (TPSA) is 104 Å². The highest BCUT2D eigenvalue weighted by Gasteiger charge is 2.31. The van der Waals surface area contributed by atoms with E-state index in [1.54, 1.807) is 36.1 Å². The predicted molar refractivity (Wildman–Crippen MR) is 87.6 cm³/mol. The number of nitrogens with one attached hydrogen (secondary N) is 1. The summed E-state index contributed by atoms with van der Waals surface area (Å²) >= 11 is 0. The summed E-state index contributed by atoms with van der Waals surface area (Å²) < 4.78 is 11.4. The molecule has 0 aliphatic carbocycles. The largest absolute Gasteiger partial charge is 0.480 e. The molecule has 1 aliphatic heterocycles. The lowest BCUT2D eigenvalue weighted by Gasteiger charge is -2.33. The molecule has 0 spiro atoms. The van der Waals surface area contributed by atoms with Crippen molar-refractivity contribution in [3.05, 3.63) is 41.5 Å². The Balaban J connectivity index is 1.66. The molecule has 0 saturated carbocycles. The van der Waals surface area contributed by atoms with Gasteiger partial charge in [0.2, 0.25) is 0 Å². The lowest BCUT2D eigenvalue weighted by molar-refractivity contribution is -0.146. The Kier molecular flexibility index (Phi) is 4.95. The Morgan fingerprint density at radius 1 is 1.52 bits per heavy atom. The molecule has 0 bridgehead atoms. The van der Waals surface area contributed by atoms with E-state index in [9.17, 15) is 4.79 Å². The number of nitrogens with zero attached hydrogens (tertiary/aromatic N) is 4. The molecule has 1 amide bonds. The lowest BCUT2D eigenvalue weighted by atomic mass is 10.2. The average molecular weight is 341 g/mol. The predicted octanol–water partition coefficient (Wildman–Crippen LogP) is 1.35. The van der Waals surface area contributed by atoms with Crippen molar-refractivity contribution in [1.29, 1.82) is 5.26 Å². The smallest absolute Gasteiger partial charge is 0.263 e. The highest BCUT2D eigenvalue weighted by molar-refractivity contribution is 5.81. The summed E-state index contributed by atoms with van der Waals surface area (Å²) in [6, 6.07) is 8.92. The quantitative estimate of drug-likeness (QED) is 0.900. The van der Waals surface area contributed by atoms with E-state index in [4.69, 9.17) is 14.7 Å². The number of nitriles is 1. The maximum Gasteiger partial charge on any atom is 0.263 e. The third-order valence-electron chi connectivity index (χ3n) is 3.94. The van der Waals surface area contributed by atoms with Crippen LogP contribution in [0.3, 0.4) is 0 Å². The lowest BCUT2D eigenvalue weighted by Crippen LogP contribution is -2.47. The van der Waals surface area contributed by atoms with Crippen LogP contribution in [0.15, 0.2) is 24.3 Å². The van der Waals surface area contributed by atoms with Gasteiger partial charge >= 0.3 is 0 Å². The van der Waals surface area contributed by atoms with Crippen LogP contribution >= 0.6 is 0 Å². The summed E-state index contributed by atoms with van der Waals surface area (Å²) in [4.78, 5) is 18.6. The molecule has 2 aromatic rings. The molecule has 1 aromatic heterocycles. The summed E-state index contributed by atoms with van der Waals surface area (Å²) in [7, 11) is 0. The first-order valence-corrected chi connectivity index (χ1v) is 8.03. The van der Waals surface area contributed by atoms with Crippen molar-refractivity contribution in [3.63, 3.8) is 0 Å². The maximum absolute atomic E-state index is 12.7. The number of hydrogen-bond acceptors (Lipinski definition) is 6. The number of aromatic nitrogens is 3. The fourth-order valence-corrected chi connectivity index (χ4v) is 2.67. The minimum Gasteiger partial charge on any atom is -0.480 e. The molecule has 1 fully saturated rings. The van der Waals surface area contributed by atoms with E-state index in [1.165, 1.54) is 0 Å². The van der Waals surface area contributed by atoms with Crippen molar-refractivity contribution in [2.75, 3.05) is 19.7 Å². The van der Waals surface area contributed by atoms with Crippen molar-refractivity contribution in [3.8, 4) is 11.8 Å². The van der Waals surface area contributed by atoms with Crippen molar-refractivity contribution < 1.29 is 14.3 Å². The van der Waals surface area contributed by atoms with Crippen LogP contribution in [0.1, 0.15) is 30.2 Å². The molecule has 2 heterocycles. The van der Waals surface area contributed by atoms with Crippen LogP contribution in [0, 0.1) is 18.3 Å². The second-order valence-corrected chi connectivity index (χ2v) is 5.79. The second kappa shape index (κ2) is 7.32. The molecule has 2 atom stereocenters. The summed E-state index contributed by atoms with van der Waals surface area (Å²) in [6.07, 6.45) is -1.07. The number of benzene rings is 1. The summed E-state index contributed by atoms with van der Waals surface area (Å²) in [5.41, 5.74) is 0.401. The van der Waals surface area contributed by atoms with E-state index >= 15 is 0 Å². The number of H-pyrrole nitrogens is 1. The zero-order chi connectivity index (χ0) is 17.8. The van der Waals surface area contributed by atoms with Gasteiger partial charge in [0.1, 0.15) is 23.7 Å². The van der Waals surface area contributed by atoms with Gasteiger partial charge in [0.05, 0.1) is 18.7 Å². The number of hydrogen-bond donors (Lipinski definition) is 1. The van der Waals surface area contributed by atoms with Gasteiger partial charge in [-0.05, 0) is 26.0 Å². The molecule has 1 aromatic carbocycles. The van der Waals surface area contributed by atoms with Crippen LogP contribution in [0.25, 0.3) is 0 Å². The molecule has 1 N–H and O–H groups in total. The number of aryl methyl sites for hydroxylation is 1. The summed E-state index contributed by atoms with van der Waals surface area (Å²) in [5.74, 6) is 1.49. The first-order chi connectivity index (χ1) is 12.1. The minimum absolute atomic E-state index is 0.159. The minimum atomic E-state index is -0.706. The van der Waals surface area contributed by atoms with E-state index in [-0.39, 0.29) is 12.0 Å². The zero-order valence-corrected chi connectivity index (χ0v) is 14.1. The standard InChI is InChI=1S/C17H19N5O3/c1-11(25-14-6-4-3-5-13(14)9-18)17(23)22-7-8-24-15(10-22)16-19-12(2)20-21-16/h3-6,11,15H,7-8,10H2,1-2H3,(H,19,20,21)/t11-,15+/m0/s1. The third kappa shape index (κ3) is 3.78. The molecule has 1 saturated heterocycles. The number of aromatic amines is 1. The van der Waals surface area contributed by atoms with Gasteiger partial charge in [-0.3, -0.25) is 9.89 Å². The number of rotatable bonds is 4. The molecular weight excluding hydrogens is 322 g/mol. The van der Waals surface area contributed by atoms with Gasteiger partial charge in [-0.15, -0.1) is 0 Å². The Hall–Kier alpha value is -2.92. The molecule has 130 valence electrons. The fourth-order valence-electron chi connectivity index (χ4n) is 2.67. The molecule has 25 heavy (non-hydrogen) atoms. The van der Waals surface area contributed by atoms with Gasteiger partial charge in [0.15, 0.2) is 11.9 Å². The molecular formula is C17H19N5O3. The van der Waals surface area contributed by atoms with Gasteiger partial charge in [0, 0.05) is 6.54 Å². The molecule has 8 nitrogen and oxygen atoms in total. The number of para-hydroxylation sites is 1. The van der Waals surface area contributed by atoms with Gasteiger partial charge in [-0.1, -0.05) is 12.1 Å². The SMILES string of the molecule is Cc1nc([C@H]2CN(C(=O)[C@H](C)Oc3ccccc3C#N)CCO2)n[nH]1. The monoisotopic (exact) mass is 341 g/mol. The average Bonchev–Trinajstić information content (AvgIpc) is 3.08. The first-order valence-electron chi connectivity index (χ1n) is 8.03. The van der Waals surface area contributed by atoms with Gasteiger partial charge in [-0.2, -0.15) is 10.4 Å². The van der Waals surface area contributed by atoms with E-state index < -0.39 is 6.10 Å². The van der Waals surface area contributed by atoms with Gasteiger partial charge in [0.25, 0.3) is 5.91 Å².